The summed E-state index contributed by atoms with van der Waals surface area (Å²) >= 11 is 11.2. The average molecular weight is 258 g/mol. The molecule has 0 spiro atoms. The minimum atomic E-state index is -4.37. The van der Waals surface area contributed by atoms with Crippen molar-refractivity contribution < 1.29 is 13.2 Å². The molecule has 15 heavy (non-hydrogen) atoms. The van der Waals surface area contributed by atoms with Gasteiger partial charge in [0.15, 0.2) is 0 Å². The van der Waals surface area contributed by atoms with Crippen LogP contribution in [-0.2, 0) is 0 Å². The highest BCUT2D eigenvalue weighted by molar-refractivity contribution is 6.34. The summed E-state index contributed by atoms with van der Waals surface area (Å²) in [4.78, 5) is 0. The van der Waals surface area contributed by atoms with Crippen molar-refractivity contribution in [2.45, 2.75) is 12.2 Å². The first-order valence-electron chi connectivity index (χ1n) is 4.04. The Balaban J connectivity index is 3.13. The molecule has 0 bridgehead atoms. The van der Waals surface area contributed by atoms with Crippen LogP contribution in [0.1, 0.15) is 11.6 Å². The molecule has 1 nitrogen and oxygen atoms in total. The smallest absolute Gasteiger partial charge is 0.306 e. The summed E-state index contributed by atoms with van der Waals surface area (Å²) in [5.41, 5.74) is 0.00231. The maximum atomic E-state index is 12.5. The van der Waals surface area contributed by atoms with Crippen LogP contribution in [0.2, 0.25) is 10.0 Å². The van der Waals surface area contributed by atoms with Gasteiger partial charge < -0.3 is 5.32 Å². The van der Waals surface area contributed by atoms with E-state index < -0.39 is 12.2 Å². The lowest BCUT2D eigenvalue weighted by Crippen LogP contribution is -2.31. The number of nitrogens with one attached hydrogen (secondary N) is 1. The van der Waals surface area contributed by atoms with E-state index in [2.05, 4.69) is 5.32 Å². The molecular weight excluding hydrogens is 250 g/mol. The quantitative estimate of drug-likeness (QED) is 0.850. The molecule has 1 unspecified atom stereocenters. The van der Waals surface area contributed by atoms with Crippen molar-refractivity contribution >= 4 is 23.2 Å². The predicted molar refractivity (Wildman–Crippen MR) is 54.3 cm³/mol. The first-order chi connectivity index (χ1) is 6.84. The van der Waals surface area contributed by atoms with E-state index in [0.29, 0.717) is 0 Å². The predicted octanol–water partition coefficient (Wildman–Crippen LogP) is 3.82. The second-order valence-electron chi connectivity index (χ2n) is 2.97. The molecule has 0 aromatic heterocycles. The number of halogens is 5. The van der Waals surface area contributed by atoms with Crippen molar-refractivity contribution in [3.63, 3.8) is 0 Å². The first kappa shape index (κ1) is 12.6. The van der Waals surface area contributed by atoms with E-state index in [1.807, 2.05) is 0 Å². The molecule has 84 valence electrons. The Kier molecular flexibility index (Phi) is 3.87. The van der Waals surface area contributed by atoms with Gasteiger partial charge in [-0.2, -0.15) is 13.2 Å². The van der Waals surface area contributed by atoms with Crippen LogP contribution in [0.3, 0.4) is 0 Å². The Morgan fingerprint density at radius 1 is 1.13 bits per heavy atom. The van der Waals surface area contributed by atoms with E-state index in [4.69, 9.17) is 23.2 Å². The molecule has 1 atom stereocenters. The third-order valence-corrected chi connectivity index (χ3v) is 2.27. The second kappa shape index (κ2) is 4.60. The van der Waals surface area contributed by atoms with Crippen LogP contribution in [0.4, 0.5) is 13.2 Å². The molecule has 0 saturated heterocycles. The van der Waals surface area contributed by atoms with Crippen LogP contribution >= 0.6 is 23.2 Å². The molecule has 0 saturated carbocycles. The van der Waals surface area contributed by atoms with E-state index in [-0.39, 0.29) is 15.6 Å². The number of hydrogen-bond acceptors (Lipinski definition) is 1. The van der Waals surface area contributed by atoms with Gasteiger partial charge in [-0.3, -0.25) is 0 Å². The topological polar surface area (TPSA) is 12.0 Å². The Morgan fingerprint density at radius 3 is 1.93 bits per heavy atom. The number of rotatable bonds is 2. The highest BCUT2D eigenvalue weighted by Crippen LogP contribution is 2.34. The van der Waals surface area contributed by atoms with Crippen LogP contribution in [0.5, 0.6) is 0 Å². The largest absolute Gasteiger partial charge is 0.407 e. The molecule has 0 fully saturated rings. The van der Waals surface area contributed by atoms with Crippen LogP contribution < -0.4 is 5.32 Å². The van der Waals surface area contributed by atoms with Crippen LogP contribution in [0.25, 0.3) is 0 Å². The fraction of sp³-hybridized carbons (Fsp3) is 0.333. The number of hydrogen-bond donors (Lipinski definition) is 1. The fourth-order valence-corrected chi connectivity index (χ4v) is 1.80. The summed E-state index contributed by atoms with van der Waals surface area (Å²) in [5.74, 6) is 0. The van der Waals surface area contributed by atoms with Gasteiger partial charge in [-0.25, -0.2) is 0 Å². The lowest BCUT2D eigenvalue weighted by Gasteiger charge is -2.20. The first-order valence-corrected chi connectivity index (χ1v) is 4.80. The van der Waals surface area contributed by atoms with Gasteiger partial charge in [0.1, 0.15) is 6.04 Å². The van der Waals surface area contributed by atoms with Gasteiger partial charge >= 0.3 is 6.18 Å². The van der Waals surface area contributed by atoms with Crippen molar-refractivity contribution in [2.24, 2.45) is 0 Å². The monoisotopic (exact) mass is 257 g/mol. The van der Waals surface area contributed by atoms with Gasteiger partial charge in [0.2, 0.25) is 0 Å². The molecule has 0 aliphatic carbocycles. The molecule has 1 N–H and O–H groups in total. The molecule has 0 amide bonds. The summed E-state index contributed by atoms with van der Waals surface area (Å²) in [5, 5.41) is 2.54. The van der Waals surface area contributed by atoms with Crippen molar-refractivity contribution in [3.05, 3.63) is 33.8 Å². The zero-order valence-corrected chi connectivity index (χ0v) is 9.21. The SMILES string of the molecule is CNC(c1cc(Cl)cc(Cl)c1)C(F)(F)F. The molecule has 0 aliphatic rings. The molecule has 1 aromatic rings. The summed E-state index contributed by atoms with van der Waals surface area (Å²) in [6, 6.07) is 2.11. The number of alkyl halides is 3. The van der Waals surface area contributed by atoms with Crippen molar-refractivity contribution in [1.29, 1.82) is 0 Å². The molecule has 1 rings (SSSR count). The standard InChI is InChI=1S/C9H8Cl2F3N/c1-15-8(9(12,13)14)5-2-6(10)4-7(11)3-5/h2-4,8,15H,1H3. The van der Waals surface area contributed by atoms with Crippen molar-refractivity contribution in [3.8, 4) is 0 Å². The summed E-state index contributed by atoms with van der Waals surface area (Å²) in [6.45, 7) is 0. The van der Waals surface area contributed by atoms with Crippen LogP contribution in [0.15, 0.2) is 18.2 Å². The maximum Gasteiger partial charge on any atom is 0.407 e. The summed E-state index contributed by atoms with van der Waals surface area (Å²) in [6.07, 6.45) is -4.37. The highest BCUT2D eigenvalue weighted by atomic mass is 35.5. The van der Waals surface area contributed by atoms with Gasteiger partial charge in [-0.05, 0) is 30.8 Å². The van der Waals surface area contributed by atoms with E-state index in [1.54, 1.807) is 0 Å². The van der Waals surface area contributed by atoms with Crippen LogP contribution in [-0.4, -0.2) is 13.2 Å². The van der Waals surface area contributed by atoms with E-state index >= 15 is 0 Å². The Bertz CT molecular complexity index is 331. The molecule has 0 aliphatic heterocycles. The maximum absolute atomic E-state index is 12.5. The number of benzene rings is 1. The molecule has 0 heterocycles. The third kappa shape index (κ3) is 3.26. The zero-order valence-electron chi connectivity index (χ0n) is 7.70. The minimum absolute atomic E-state index is 0.00231. The van der Waals surface area contributed by atoms with Gasteiger partial charge in [0.05, 0.1) is 0 Å². The summed E-state index contributed by atoms with van der Waals surface area (Å²) in [7, 11) is 1.23. The van der Waals surface area contributed by atoms with Crippen molar-refractivity contribution in [1.82, 2.24) is 5.32 Å². The highest BCUT2D eigenvalue weighted by Gasteiger charge is 2.39. The zero-order chi connectivity index (χ0) is 11.6. The fourth-order valence-electron chi connectivity index (χ4n) is 1.26. The average Bonchev–Trinajstić information content (AvgIpc) is 1.99. The lowest BCUT2D eigenvalue weighted by atomic mass is 10.1. The van der Waals surface area contributed by atoms with Gasteiger partial charge in [0, 0.05) is 10.0 Å². The molecule has 1 aromatic carbocycles. The van der Waals surface area contributed by atoms with E-state index in [1.165, 1.54) is 25.2 Å². The lowest BCUT2D eigenvalue weighted by molar-refractivity contribution is -0.156. The minimum Gasteiger partial charge on any atom is -0.306 e. The third-order valence-electron chi connectivity index (χ3n) is 1.83. The second-order valence-corrected chi connectivity index (χ2v) is 3.84. The van der Waals surface area contributed by atoms with E-state index in [9.17, 15) is 13.2 Å². The Morgan fingerprint density at radius 2 is 1.60 bits per heavy atom. The molecular formula is C9H8Cl2F3N. The van der Waals surface area contributed by atoms with Gasteiger partial charge in [-0.15, -0.1) is 0 Å². The van der Waals surface area contributed by atoms with Crippen LogP contribution in [0, 0.1) is 0 Å². The summed E-state index contributed by atoms with van der Waals surface area (Å²) < 4.78 is 37.6. The van der Waals surface area contributed by atoms with E-state index in [0.717, 1.165) is 0 Å². The Hall–Kier alpha value is -0.450. The Labute approximate surface area is 95.2 Å². The van der Waals surface area contributed by atoms with Crippen molar-refractivity contribution in [2.75, 3.05) is 7.05 Å². The normalized spacial score (nSPS) is 14.0. The van der Waals surface area contributed by atoms with Gasteiger partial charge in [-0.1, -0.05) is 23.2 Å². The van der Waals surface area contributed by atoms with Gasteiger partial charge in [0.25, 0.3) is 0 Å². The molecule has 6 heteroatoms. The molecule has 0 radical (unpaired) electrons.